The van der Waals surface area contributed by atoms with Gasteiger partial charge < -0.3 is 14.0 Å². The summed E-state index contributed by atoms with van der Waals surface area (Å²) in [6, 6.07) is 5.32. The topological polar surface area (TPSA) is 52.6 Å². The Hall–Kier alpha value is -1.28. The van der Waals surface area contributed by atoms with Crippen LogP contribution < -0.4 is 9.47 Å². The van der Waals surface area contributed by atoms with Gasteiger partial charge >= 0.3 is 0 Å². The number of hydrogen-bond donors (Lipinski definition) is 0. The lowest BCUT2D eigenvalue weighted by molar-refractivity contribution is 0.106. The molecule has 1 unspecified atom stereocenters. The van der Waals surface area contributed by atoms with Crippen molar-refractivity contribution in [3.05, 3.63) is 23.8 Å². The molecule has 1 aromatic rings. The van der Waals surface area contributed by atoms with Crippen LogP contribution in [0.1, 0.15) is 107 Å². The summed E-state index contributed by atoms with van der Waals surface area (Å²) in [5.41, 5.74) is 0.160. The second-order valence-electron chi connectivity index (χ2n) is 8.98. The van der Waals surface area contributed by atoms with Crippen LogP contribution in [0.3, 0.4) is 0 Å². The van der Waals surface area contributed by atoms with Gasteiger partial charge in [-0.3, -0.25) is 4.79 Å². The highest BCUT2D eigenvalue weighted by Gasteiger charge is 2.43. The van der Waals surface area contributed by atoms with Crippen LogP contribution in [0.5, 0.6) is 11.5 Å². The standard InChI is InChI=1S/C26H43O4P/c1-4-5-6-7-8-9-10-11-12-15-21-31(28,22-17-13-14-18-22)26(27)25-23(29-2)19-16-20-24(25)30-3/h16,19-20,22H,4-15,17-18,21H2,1-3H3. The van der Waals surface area contributed by atoms with Gasteiger partial charge in [-0.05, 0) is 31.4 Å². The maximum Gasteiger partial charge on any atom is 0.229 e. The molecule has 1 aromatic carbocycles. The normalized spacial score (nSPS) is 16.2. The third-order valence-corrected chi connectivity index (χ3v) is 10.3. The molecule has 1 aliphatic rings. The summed E-state index contributed by atoms with van der Waals surface area (Å²) in [5, 5.41) is 0. The zero-order chi connectivity index (χ0) is 22.5. The Bertz CT molecular complexity index is 687. The summed E-state index contributed by atoms with van der Waals surface area (Å²) in [5.74, 6) is 0.927. The Morgan fingerprint density at radius 1 is 0.871 bits per heavy atom. The fraction of sp³-hybridized carbons (Fsp3) is 0.731. The molecule has 1 fully saturated rings. The van der Waals surface area contributed by atoms with E-state index in [0.29, 0.717) is 23.2 Å². The average Bonchev–Trinajstić information content (AvgIpc) is 3.34. The molecule has 0 N–H and O–H groups in total. The van der Waals surface area contributed by atoms with Gasteiger partial charge in [-0.25, -0.2) is 0 Å². The van der Waals surface area contributed by atoms with Crippen molar-refractivity contribution < 1.29 is 18.8 Å². The van der Waals surface area contributed by atoms with Gasteiger partial charge in [0, 0.05) is 11.8 Å². The van der Waals surface area contributed by atoms with Gasteiger partial charge in [0.25, 0.3) is 0 Å². The smallest absolute Gasteiger partial charge is 0.229 e. The first kappa shape index (κ1) is 26.0. The van der Waals surface area contributed by atoms with E-state index in [2.05, 4.69) is 6.92 Å². The van der Waals surface area contributed by atoms with Crippen molar-refractivity contribution >= 4 is 12.7 Å². The molecule has 0 saturated heterocycles. The zero-order valence-electron chi connectivity index (χ0n) is 20.0. The second kappa shape index (κ2) is 14.0. The monoisotopic (exact) mass is 450 g/mol. The molecule has 0 aromatic heterocycles. The van der Waals surface area contributed by atoms with Crippen molar-refractivity contribution in [1.29, 1.82) is 0 Å². The summed E-state index contributed by atoms with van der Waals surface area (Å²) < 4.78 is 25.1. The highest BCUT2D eigenvalue weighted by Crippen LogP contribution is 2.60. The van der Waals surface area contributed by atoms with Crippen LogP contribution in [0.25, 0.3) is 0 Å². The molecule has 4 nitrogen and oxygen atoms in total. The molecule has 0 radical (unpaired) electrons. The molecular weight excluding hydrogens is 407 g/mol. The van der Waals surface area contributed by atoms with Crippen molar-refractivity contribution in [2.45, 2.75) is 102 Å². The summed E-state index contributed by atoms with van der Waals surface area (Å²) in [7, 11) is 0.0668. The summed E-state index contributed by atoms with van der Waals surface area (Å²) in [4.78, 5) is 13.7. The lowest BCUT2D eigenvalue weighted by Gasteiger charge is -2.25. The minimum atomic E-state index is -3.03. The number of ether oxygens (including phenoxy) is 2. The van der Waals surface area contributed by atoms with Crippen LogP contribution >= 0.6 is 7.14 Å². The van der Waals surface area contributed by atoms with Crippen LogP contribution in [0.2, 0.25) is 0 Å². The quantitative estimate of drug-likeness (QED) is 0.189. The van der Waals surface area contributed by atoms with E-state index in [-0.39, 0.29) is 11.2 Å². The predicted octanol–water partition coefficient (Wildman–Crippen LogP) is 8.07. The molecule has 0 aliphatic heterocycles. The Balaban J connectivity index is 1.97. The van der Waals surface area contributed by atoms with Gasteiger partial charge in [0.05, 0.1) is 14.2 Å². The van der Waals surface area contributed by atoms with Gasteiger partial charge in [-0.15, -0.1) is 0 Å². The number of unbranched alkanes of at least 4 members (excludes halogenated alkanes) is 9. The highest BCUT2D eigenvalue weighted by atomic mass is 31.2. The minimum Gasteiger partial charge on any atom is -0.496 e. The van der Waals surface area contributed by atoms with Crippen molar-refractivity contribution in [1.82, 2.24) is 0 Å². The first-order valence-electron chi connectivity index (χ1n) is 12.4. The minimum absolute atomic E-state index is 0.0215. The molecule has 5 heteroatoms. The highest BCUT2D eigenvalue weighted by molar-refractivity contribution is 7.81. The molecule has 176 valence electrons. The molecule has 1 atom stereocenters. The van der Waals surface area contributed by atoms with Gasteiger partial charge in [0.1, 0.15) is 17.1 Å². The van der Waals surface area contributed by atoms with Gasteiger partial charge in [0.2, 0.25) is 5.52 Å². The predicted molar refractivity (Wildman–Crippen MR) is 130 cm³/mol. The zero-order valence-corrected chi connectivity index (χ0v) is 20.9. The number of benzene rings is 1. The average molecular weight is 451 g/mol. The maximum atomic E-state index is 14.2. The summed E-state index contributed by atoms with van der Waals surface area (Å²) >= 11 is 0. The molecule has 1 saturated carbocycles. The van der Waals surface area contributed by atoms with E-state index < -0.39 is 7.14 Å². The fourth-order valence-electron chi connectivity index (χ4n) is 4.86. The first-order chi connectivity index (χ1) is 15.1. The first-order valence-corrected chi connectivity index (χ1v) is 14.4. The molecule has 0 bridgehead atoms. The van der Waals surface area contributed by atoms with Crippen LogP contribution in [0.15, 0.2) is 18.2 Å². The number of carbonyl (C=O) groups is 1. The lowest BCUT2D eigenvalue weighted by atomic mass is 10.1. The third-order valence-electron chi connectivity index (χ3n) is 6.74. The summed E-state index contributed by atoms with van der Waals surface area (Å²) in [6.07, 6.45) is 16.8. The Morgan fingerprint density at radius 2 is 1.35 bits per heavy atom. The van der Waals surface area contributed by atoms with Crippen LogP contribution in [-0.4, -0.2) is 31.6 Å². The third kappa shape index (κ3) is 7.38. The van der Waals surface area contributed by atoms with Crippen molar-refractivity contribution in [3.63, 3.8) is 0 Å². The molecule has 1 aliphatic carbocycles. The maximum absolute atomic E-state index is 14.2. The number of rotatable bonds is 16. The molecular formula is C26H43O4P. The van der Waals surface area contributed by atoms with E-state index in [1.54, 1.807) is 32.4 Å². The SMILES string of the molecule is CCCCCCCCCCCCP(=O)(C(=O)c1c(OC)cccc1OC)C1CCCC1. The van der Waals surface area contributed by atoms with Gasteiger partial charge in [0.15, 0.2) is 7.14 Å². The summed E-state index contributed by atoms with van der Waals surface area (Å²) in [6.45, 7) is 2.25. The van der Waals surface area contributed by atoms with E-state index in [4.69, 9.17) is 9.47 Å². The number of carbonyl (C=O) groups excluding carboxylic acids is 1. The van der Waals surface area contributed by atoms with Crippen LogP contribution in [0, 0.1) is 0 Å². The number of hydrogen-bond acceptors (Lipinski definition) is 4. The Morgan fingerprint density at radius 3 is 1.84 bits per heavy atom. The fourth-order valence-corrected chi connectivity index (χ4v) is 8.25. The lowest BCUT2D eigenvalue weighted by Crippen LogP contribution is -2.17. The molecule has 0 amide bonds. The van der Waals surface area contributed by atoms with Crippen molar-refractivity contribution in [2.24, 2.45) is 0 Å². The van der Waals surface area contributed by atoms with Gasteiger partial charge in [-0.1, -0.05) is 83.6 Å². The van der Waals surface area contributed by atoms with Crippen LogP contribution in [0.4, 0.5) is 0 Å². The van der Waals surface area contributed by atoms with E-state index in [0.717, 1.165) is 38.5 Å². The largest absolute Gasteiger partial charge is 0.496 e. The molecule has 31 heavy (non-hydrogen) atoms. The van der Waals surface area contributed by atoms with Gasteiger partial charge in [-0.2, -0.15) is 0 Å². The van der Waals surface area contributed by atoms with E-state index in [1.807, 2.05) is 0 Å². The Kier molecular flexibility index (Phi) is 11.7. The van der Waals surface area contributed by atoms with E-state index in [1.165, 1.54) is 51.4 Å². The molecule has 2 rings (SSSR count). The second-order valence-corrected chi connectivity index (χ2v) is 12.2. The Labute approximate surface area is 189 Å². The molecule has 0 spiro atoms. The molecule has 0 heterocycles. The van der Waals surface area contributed by atoms with Crippen LogP contribution in [-0.2, 0) is 4.57 Å². The van der Waals surface area contributed by atoms with Crippen molar-refractivity contribution in [3.8, 4) is 11.5 Å². The van der Waals surface area contributed by atoms with Crippen molar-refractivity contribution in [2.75, 3.05) is 20.4 Å². The van der Waals surface area contributed by atoms with E-state index in [9.17, 15) is 9.36 Å². The van der Waals surface area contributed by atoms with E-state index >= 15 is 0 Å². The number of methoxy groups -OCH3 is 2.